The Hall–Kier alpha value is -1.68. The van der Waals surface area contributed by atoms with Crippen LogP contribution in [-0.4, -0.2) is 6.29 Å². The Kier molecular flexibility index (Phi) is 3.54. The van der Waals surface area contributed by atoms with Gasteiger partial charge in [0.15, 0.2) is 6.29 Å². The van der Waals surface area contributed by atoms with E-state index in [0.717, 1.165) is 17.8 Å². The van der Waals surface area contributed by atoms with Gasteiger partial charge in [-0.15, -0.1) is 0 Å². The molecular weight excluding hydrogens is 242 g/mol. The summed E-state index contributed by atoms with van der Waals surface area (Å²) < 4.78 is 26.3. The molecule has 0 radical (unpaired) electrons. The molecule has 0 heterocycles. The van der Waals surface area contributed by atoms with Crippen LogP contribution in [0.25, 0.3) is 0 Å². The van der Waals surface area contributed by atoms with Crippen LogP contribution in [0.4, 0.5) is 8.78 Å². The molecule has 17 heavy (non-hydrogen) atoms. The van der Waals surface area contributed by atoms with Crippen molar-refractivity contribution in [3.05, 3.63) is 59.7 Å². The summed E-state index contributed by atoms with van der Waals surface area (Å²) in [6.07, 6.45) is 0.562. The van der Waals surface area contributed by atoms with Gasteiger partial charge in [-0.3, -0.25) is 4.79 Å². The zero-order chi connectivity index (χ0) is 12.3. The highest BCUT2D eigenvalue weighted by molar-refractivity contribution is 7.99. The quantitative estimate of drug-likeness (QED) is 0.768. The molecule has 86 valence electrons. The summed E-state index contributed by atoms with van der Waals surface area (Å²) in [5.41, 5.74) is 0.221. The van der Waals surface area contributed by atoms with Gasteiger partial charge in [0.2, 0.25) is 0 Å². The summed E-state index contributed by atoms with van der Waals surface area (Å²) in [5, 5.41) is 0. The zero-order valence-electron chi connectivity index (χ0n) is 8.69. The van der Waals surface area contributed by atoms with Crippen LogP contribution in [0, 0.1) is 11.6 Å². The Bertz CT molecular complexity index is 555. The summed E-state index contributed by atoms with van der Waals surface area (Å²) >= 11 is 1.10. The van der Waals surface area contributed by atoms with Gasteiger partial charge in [0.25, 0.3) is 0 Å². The van der Waals surface area contributed by atoms with Gasteiger partial charge < -0.3 is 0 Å². The van der Waals surface area contributed by atoms with Gasteiger partial charge in [0.1, 0.15) is 11.6 Å². The van der Waals surface area contributed by atoms with Crippen molar-refractivity contribution in [2.45, 2.75) is 9.79 Å². The molecule has 0 amide bonds. The summed E-state index contributed by atoms with van der Waals surface area (Å²) in [6.45, 7) is 0. The van der Waals surface area contributed by atoms with Crippen LogP contribution in [-0.2, 0) is 0 Å². The maximum absolute atomic E-state index is 13.4. The first-order chi connectivity index (χ1) is 8.20. The van der Waals surface area contributed by atoms with Crippen LogP contribution in [0.1, 0.15) is 10.4 Å². The van der Waals surface area contributed by atoms with E-state index in [4.69, 9.17) is 0 Å². The molecule has 0 saturated heterocycles. The number of hydrogen-bond acceptors (Lipinski definition) is 2. The molecule has 0 aliphatic carbocycles. The Morgan fingerprint density at radius 3 is 2.47 bits per heavy atom. The number of rotatable bonds is 3. The van der Waals surface area contributed by atoms with Crippen molar-refractivity contribution in [2.75, 3.05) is 0 Å². The second-order valence-corrected chi connectivity index (χ2v) is 4.42. The minimum Gasteiger partial charge on any atom is -0.298 e. The summed E-state index contributed by atoms with van der Waals surface area (Å²) in [4.78, 5) is 11.7. The van der Waals surface area contributed by atoms with Crippen LogP contribution >= 0.6 is 11.8 Å². The van der Waals surface area contributed by atoms with Crippen LogP contribution in [0.5, 0.6) is 0 Å². The Labute approximate surface area is 101 Å². The van der Waals surface area contributed by atoms with E-state index < -0.39 is 5.82 Å². The molecule has 0 bridgehead atoms. The average molecular weight is 250 g/mol. The van der Waals surface area contributed by atoms with Gasteiger partial charge in [0.05, 0.1) is 0 Å². The van der Waals surface area contributed by atoms with Crippen molar-refractivity contribution < 1.29 is 13.6 Å². The first-order valence-corrected chi connectivity index (χ1v) is 5.69. The molecule has 2 aromatic rings. The molecule has 4 heteroatoms. The lowest BCUT2D eigenvalue weighted by Crippen LogP contribution is -1.88. The first-order valence-electron chi connectivity index (χ1n) is 4.88. The molecule has 0 aliphatic heterocycles. The Balaban J connectivity index is 2.36. The van der Waals surface area contributed by atoms with Gasteiger partial charge in [-0.05, 0) is 30.3 Å². The molecule has 0 N–H and O–H groups in total. The van der Waals surface area contributed by atoms with E-state index in [1.54, 1.807) is 18.2 Å². The predicted octanol–water partition coefficient (Wildman–Crippen LogP) is 3.93. The molecule has 0 saturated carbocycles. The van der Waals surface area contributed by atoms with Gasteiger partial charge in [-0.2, -0.15) is 0 Å². The lowest BCUT2D eigenvalue weighted by molar-refractivity contribution is 0.112. The largest absolute Gasteiger partial charge is 0.298 e. The summed E-state index contributed by atoms with van der Waals surface area (Å²) in [6, 6.07) is 10.1. The van der Waals surface area contributed by atoms with Crippen molar-refractivity contribution in [3.63, 3.8) is 0 Å². The monoisotopic (exact) mass is 250 g/mol. The number of hydrogen-bond donors (Lipinski definition) is 0. The second-order valence-electron chi connectivity index (χ2n) is 3.33. The van der Waals surface area contributed by atoms with E-state index in [9.17, 15) is 13.6 Å². The molecule has 0 spiro atoms. The van der Waals surface area contributed by atoms with Gasteiger partial charge in [-0.25, -0.2) is 8.78 Å². The number of carbonyl (C=O) groups excluding carboxylic acids is 1. The Morgan fingerprint density at radius 2 is 1.76 bits per heavy atom. The Morgan fingerprint density at radius 1 is 1.00 bits per heavy atom. The molecule has 0 aliphatic rings. The summed E-state index contributed by atoms with van der Waals surface area (Å²) in [5.74, 6) is -0.844. The van der Waals surface area contributed by atoms with E-state index in [2.05, 4.69) is 0 Å². The van der Waals surface area contributed by atoms with Crippen LogP contribution in [0.2, 0.25) is 0 Å². The SMILES string of the molecule is O=Cc1cc(F)ccc1Sc1ccccc1F. The molecule has 1 nitrogen and oxygen atoms in total. The fraction of sp³-hybridized carbons (Fsp3) is 0. The van der Waals surface area contributed by atoms with Gasteiger partial charge >= 0.3 is 0 Å². The minimum absolute atomic E-state index is 0.221. The smallest absolute Gasteiger partial charge is 0.151 e. The molecule has 2 aromatic carbocycles. The van der Waals surface area contributed by atoms with Crippen LogP contribution in [0.3, 0.4) is 0 Å². The third-order valence-electron chi connectivity index (χ3n) is 2.16. The number of carbonyl (C=O) groups is 1. The topological polar surface area (TPSA) is 17.1 Å². The fourth-order valence-corrected chi connectivity index (χ4v) is 2.26. The minimum atomic E-state index is -0.481. The van der Waals surface area contributed by atoms with Gasteiger partial charge in [0, 0.05) is 15.4 Å². The van der Waals surface area contributed by atoms with Crippen molar-refractivity contribution in [1.82, 2.24) is 0 Å². The summed E-state index contributed by atoms with van der Waals surface area (Å²) in [7, 11) is 0. The van der Waals surface area contributed by atoms with E-state index >= 15 is 0 Å². The normalized spacial score (nSPS) is 10.2. The standard InChI is InChI=1S/C13H8F2OS/c14-10-5-6-12(9(7-10)8-16)17-13-4-2-1-3-11(13)15/h1-8H. The van der Waals surface area contributed by atoms with Crippen molar-refractivity contribution in [1.29, 1.82) is 0 Å². The molecule has 0 atom stereocenters. The lowest BCUT2D eigenvalue weighted by Gasteiger charge is -2.05. The predicted molar refractivity (Wildman–Crippen MR) is 62.3 cm³/mol. The van der Waals surface area contributed by atoms with Crippen molar-refractivity contribution in [3.8, 4) is 0 Å². The zero-order valence-corrected chi connectivity index (χ0v) is 9.51. The van der Waals surface area contributed by atoms with Crippen LogP contribution in [0.15, 0.2) is 52.3 Å². The third kappa shape index (κ3) is 2.71. The number of aldehydes is 1. The highest BCUT2D eigenvalue weighted by atomic mass is 32.2. The highest BCUT2D eigenvalue weighted by Gasteiger charge is 2.08. The van der Waals surface area contributed by atoms with Crippen molar-refractivity contribution in [2.24, 2.45) is 0 Å². The average Bonchev–Trinajstić information content (AvgIpc) is 2.34. The molecular formula is C13H8F2OS. The maximum atomic E-state index is 13.4. The maximum Gasteiger partial charge on any atom is 0.151 e. The van der Waals surface area contributed by atoms with E-state index in [1.165, 1.54) is 18.2 Å². The third-order valence-corrected chi connectivity index (χ3v) is 3.30. The number of halogens is 2. The number of benzene rings is 2. The fourth-order valence-electron chi connectivity index (χ4n) is 1.35. The van der Waals surface area contributed by atoms with E-state index in [0.29, 0.717) is 16.1 Å². The molecule has 0 unspecified atom stereocenters. The van der Waals surface area contributed by atoms with Gasteiger partial charge in [-0.1, -0.05) is 23.9 Å². The van der Waals surface area contributed by atoms with Crippen molar-refractivity contribution >= 4 is 18.0 Å². The molecule has 2 rings (SSSR count). The molecule has 0 fully saturated rings. The highest BCUT2D eigenvalue weighted by Crippen LogP contribution is 2.31. The van der Waals surface area contributed by atoms with Crippen LogP contribution < -0.4 is 0 Å². The second kappa shape index (κ2) is 5.10. The van der Waals surface area contributed by atoms with E-state index in [1.807, 2.05) is 0 Å². The molecule has 0 aromatic heterocycles. The lowest BCUT2D eigenvalue weighted by atomic mass is 10.2. The first kappa shape index (κ1) is 11.8. The van der Waals surface area contributed by atoms with E-state index in [-0.39, 0.29) is 11.4 Å².